The summed E-state index contributed by atoms with van der Waals surface area (Å²) in [5.41, 5.74) is 0.851. The molecule has 2 aromatic carbocycles. The van der Waals surface area contributed by atoms with Crippen LogP contribution in [0.4, 0.5) is 11.4 Å². The number of benzene rings is 2. The fourth-order valence-corrected chi connectivity index (χ4v) is 2.23. The van der Waals surface area contributed by atoms with Crippen LogP contribution in [0.3, 0.4) is 0 Å². The number of fused-ring (bicyclic) bond motifs is 1. The molecule has 124 valence electrons. The number of nitro benzene ring substituents is 1. The molecule has 0 aliphatic rings. The molecule has 0 bridgehead atoms. The third kappa shape index (κ3) is 3.36. The van der Waals surface area contributed by atoms with Crippen molar-refractivity contribution in [2.45, 2.75) is 0 Å². The normalized spacial score (nSPS) is 11.3. The van der Waals surface area contributed by atoms with Crippen molar-refractivity contribution in [3.05, 3.63) is 63.6 Å². The number of hydrogen-bond donors (Lipinski definition) is 2. The van der Waals surface area contributed by atoms with E-state index < -0.39 is 4.92 Å². The van der Waals surface area contributed by atoms with Gasteiger partial charge in [-0.05, 0) is 24.3 Å². The molecule has 0 fully saturated rings. The van der Waals surface area contributed by atoms with Gasteiger partial charge in [-0.3, -0.25) is 10.1 Å². The number of allylic oxidation sites excluding steroid dienone is 1. The van der Waals surface area contributed by atoms with Crippen molar-refractivity contribution < 1.29 is 14.4 Å². The maximum atomic E-state index is 10.8. The van der Waals surface area contributed by atoms with Crippen LogP contribution in [0.1, 0.15) is 5.89 Å². The lowest BCUT2D eigenvalue weighted by atomic mass is 10.2. The van der Waals surface area contributed by atoms with Crippen LogP contribution in [0.5, 0.6) is 5.75 Å². The zero-order chi connectivity index (χ0) is 18.0. The van der Waals surface area contributed by atoms with E-state index in [1.807, 2.05) is 6.07 Å². The Bertz CT molecular complexity index is 1050. The second kappa shape index (κ2) is 6.51. The quantitative estimate of drug-likeness (QED) is 0.312. The number of anilines is 1. The molecule has 3 rings (SSSR count). The molecule has 0 unspecified atom stereocenters. The minimum atomic E-state index is -0.593. The van der Waals surface area contributed by atoms with Gasteiger partial charge in [0, 0.05) is 23.4 Å². The molecule has 0 aliphatic carbocycles. The topological polar surface area (TPSA) is 125 Å². The number of nitrogens with zero attached hydrogens (tertiary/aromatic N) is 3. The monoisotopic (exact) mass is 356 g/mol. The Morgan fingerprint density at radius 2 is 2.20 bits per heavy atom. The van der Waals surface area contributed by atoms with Gasteiger partial charge in [-0.25, -0.2) is 4.98 Å². The Kier molecular flexibility index (Phi) is 4.24. The Balaban J connectivity index is 1.94. The zero-order valence-electron chi connectivity index (χ0n) is 12.4. The molecule has 0 amide bonds. The molecule has 0 aliphatic heterocycles. The van der Waals surface area contributed by atoms with Gasteiger partial charge in [-0.1, -0.05) is 11.6 Å². The number of phenolic OH excluding ortho intramolecular Hbond substituents is 1. The van der Waals surface area contributed by atoms with Crippen LogP contribution in [-0.4, -0.2) is 15.0 Å². The van der Waals surface area contributed by atoms with E-state index in [9.17, 15) is 20.5 Å². The summed E-state index contributed by atoms with van der Waals surface area (Å²) in [4.78, 5) is 14.4. The Hall–Kier alpha value is -3.57. The van der Waals surface area contributed by atoms with E-state index >= 15 is 0 Å². The van der Waals surface area contributed by atoms with Gasteiger partial charge in [0.2, 0.25) is 5.89 Å². The molecule has 1 heterocycles. The fraction of sp³-hybridized carbons (Fsp3) is 0. The maximum absolute atomic E-state index is 10.8. The molecule has 0 radical (unpaired) electrons. The molecule has 25 heavy (non-hydrogen) atoms. The number of oxazole rings is 1. The third-order valence-corrected chi connectivity index (χ3v) is 3.50. The number of hydrogen-bond acceptors (Lipinski definition) is 7. The van der Waals surface area contributed by atoms with Crippen LogP contribution in [0.25, 0.3) is 16.7 Å². The van der Waals surface area contributed by atoms with Crippen molar-refractivity contribution in [3.63, 3.8) is 0 Å². The highest BCUT2D eigenvalue weighted by molar-refractivity contribution is 6.31. The van der Waals surface area contributed by atoms with Crippen molar-refractivity contribution in [1.82, 2.24) is 4.98 Å². The van der Waals surface area contributed by atoms with E-state index in [2.05, 4.69) is 10.3 Å². The van der Waals surface area contributed by atoms with Crippen molar-refractivity contribution in [2.75, 3.05) is 5.32 Å². The lowest BCUT2D eigenvalue weighted by Gasteiger charge is -2.04. The molecule has 2 N–H and O–H groups in total. The third-order valence-electron chi connectivity index (χ3n) is 3.26. The smallest absolute Gasteiger partial charge is 0.271 e. The average Bonchev–Trinajstić information content (AvgIpc) is 2.99. The summed E-state index contributed by atoms with van der Waals surface area (Å²) in [5, 5.41) is 33.0. The highest BCUT2D eigenvalue weighted by Gasteiger charge is 2.13. The van der Waals surface area contributed by atoms with Crippen molar-refractivity contribution in [1.29, 1.82) is 5.26 Å². The maximum Gasteiger partial charge on any atom is 0.271 e. The Labute approximate surface area is 145 Å². The van der Waals surface area contributed by atoms with Crippen LogP contribution >= 0.6 is 11.6 Å². The van der Waals surface area contributed by atoms with Gasteiger partial charge < -0.3 is 14.8 Å². The number of rotatable bonds is 4. The minimum absolute atomic E-state index is 0.0400. The summed E-state index contributed by atoms with van der Waals surface area (Å²) in [6, 6.07) is 10.3. The predicted octanol–water partition coefficient (Wildman–Crippen LogP) is 4.07. The fourth-order valence-electron chi connectivity index (χ4n) is 2.06. The molecule has 8 nitrogen and oxygen atoms in total. The Morgan fingerprint density at radius 3 is 2.92 bits per heavy atom. The SMILES string of the molecule is N#CC(=CNc1cc([N+](=O)[O-])ccc1O)c1nc2cc(Cl)ccc2o1. The van der Waals surface area contributed by atoms with Gasteiger partial charge in [-0.15, -0.1) is 0 Å². The van der Waals surface area contributed by atoms with E-state index in [-0.39, 0.29) is 28.6 Å². The Morgan fingerprint density at radius 1 is 1.40 bits per heavy atom. The van der Waals surface area contributed by atoms with Gasteiger partial charge in [0.15, 0.2) is 5.58 Å². The highest BCUT2D eigenvalue weighted by atomic mass is 35.5. The van der Waals surface area contributed by atoms with Gasteiger partial charge in [-0.2, -0.15) is 5.26 Å². The minimum Gasteiger partial charge on any atom is -0.506 e. The lowest BCUT2D eigenvalue weighted by molar-refractivity contribution is -0.384. The second-order valence-corrected chi connectivity index (χ2v) is 5.34. The molecule has 0 spiro atoms. The molecule has 1 aromatic heterocycles. The van der Waals surface area contributed by atoms with Gasteiger partial charge in [0.25, 0.3) is 5.69 Å². The van der Waals surface area contributed by atoms with Gasteiger partial charge in [0.05, 0.1) is 10.6 Å². The van der Waals surface area contributed by atoms with Gasteiger partial charge >= 0.3 is 0 Å². The number of nitrogens with one attached hydrogen (secondary N) is 1. The summed E-state index contributed by atoms with van der Waals surface area (Å²) < 4.78 is 5.49. The van der Waals surface area contributed by atoms with Crippen molar-refractivity contribution in [2.24, 2.45) is 0 Å². The molecule has 9 heteroatoms. The number of nitro groups is 1. The van der Waals surface area contributed by atoms with Crippen LogP contribution in [0, 0.1) is 21.4 Å². The largest absolute Gasteiger partial charge is 0.506 e. The number of phenols is 1. The van der Waals surface area contributed by atoms with Crippen molar-refractivity contribution in [3.8, 4) is 11.8 Å². The van der Waals surface area contributed by atoms with Crippen LogP contribution in [0.2, 0.25) is 5.02 Å². The average molecular weight is 357 g/mol. The molecular formula is C16H9ClN4O4. The molecular weight excluding hydrogens is 348 g/mol. The summed E-state index contributed by atoms with van der Waals surface area (Å²) >= 11 is 5.88. The van der Waals surface area contributed by atoms with Crippen LogP contribution in [-0.2, 0) is 0 Å². The van der Waals surface area contributed by atoms with Crippen LogP contribution < -0.4 is 5.32 Å². The molecule has 0 saturated heterocycles. The first kappa shape index (κ1) is 16.3. The number of aromatic nitrogens is 1. The predicted molar refractivity (Wildman–Crippen MR) is 91.0 cm³/mol. The zero-order valence-corrected chi connectivity index (χ0v) is 13.2. The lowest BCUT2D eigenvalue weighted by Crippen LogP contribution is -1.94. The highest BCUT2D eigenvalue weighted by Crippen LogP contribution is 2.29. The number of aromatic hydroxyl groups is 1. The van der Waals surface area contributed by atoms with E-state index in [4.69, 9.17) is 16.0 Å². The summed E-state index contributed by atoms with van der Waals surface area (Å²) in [6.45, 7) is 0. The molecule has 0 saturated carbocycles. The van der Waals surface area contributed by atoms with Crippen LogP contribution in [0.15, 0.2) is 47.0 Å². The first-order chi connectivity index (χ1) is 12.0. The number of halogens is 1. The summed E-state index contributed by atoms with van der Waals surface area (Å²) in [5.74, 6) is -0.152. The van der Waals surface area contributed by atoms with Gasteiger partial charge in [0.1, 0.15) is 22.9 Å². The number of non-ortho nitro benzene ring substituents is 1. The first-order valence-corrected chi connectivity index (χ1v) is 7.26. The van der Waals surface area contributed by atoms with E-state index in [1.54, 1.807) is 18.2 Å². The van der Waals surface area contributed by atoms with E-state index in [0.717, 1.165) is 6.07 Å². The summed E-state index contributed by atoms with van der Waals surface area (Å²) in [7, 11) is 0. The van der Waals surface area contributed by atoms with E-state index in [0.29, 0.717) is 16.1 Å². The standard InChI is InChI=1S/C16H9ClN4O4/c17-10-1-4-15-13(5-10)20-16(25-15)9(7-18)8-19-12-6-11(21(23)24)2-3-14(12)22/h1-6,8,19,22H. The van der Waals surface area contributed by atoms with E-state index in [1.165, 1.54) is 18.3 Å². The number of nitriles is 1. The first-order valence-electron chi connectivity index (χ1n) is 6.88. The molecule has 0 atom stereocenters. The van der Waals surface area contributed by atoms with Crippen molar-refractivity contribution >= 4 is 39.6 Å². The molecule has 3 aromatic rings. The second-order valence-electron chi connectivity index (χ2n) is 4.90. The summed E-state index contributed by atoms with van der Waals surface area (Å²) in [6.07, 6.45) is 1.24.